The molecular formula is C21H31N3O6. The van der Waals surface area contributed by atoms with Crippen molar-refractivity contribution in [2.24, 2.45) is 5.41 Å². The molecule has 2 aliphatic rings. The third kappa shape index (κ3) is 4.44. The number of carboxylic acids is 1. The van der Waals surface area contributed by atoms with E-state index in [4.69, 9.17) is 5.11 Å². The van der Waals surface area contributed by atoms with Crippen molar-refractivity contribution in [3.8, 4) is 5.88 Å². The molecule has 1 amide bonds. The maximum absolute atomic E-state index is 13.4. The highest BCUT2D eigenvalue weighted by Gasteiger charge is 2.34. The lowest BCUT2D eigenvalue weighted by Gasteiger charge is -2.36. The maximum Gasteiger partial charge on any atom is 0.334 e. The number of nitrogens with one attached hydrogen (secondary N) is 1. The smallest absolute Gasteiger partial charge is 0.334 e. The van der Waals surface area contributed by atoms with Crippen LogP contribution in [0.15, 0.2) is 9.59 Å². The lowest BCUT2D eigenvalue weighted by Crippen LogP contribution is -2.48. The minimum atomic E-state index is -1.27. The molecule has 0 atom stereocenters. The molecule has 1 aromatic heterocycles. The normalized spacial score (nSPS) is 20.1. The molecule has 0 unspecified atom stereocenters. The van der Waals surface area contributed by atoms with Crippen LogP contribution in [0.1, 0.15) is 94.1 Å². The van der Waals surface area contributed by atoms with E-state index in [9.17, 15) is 24.3 Å². The van der Waals surface area contributed by atoms with E-state index in [0.717, 1.165) is 36.7 Å². The van der Waals surface area contributed by atoms with Gasteiger partial charge in [0.15, 0.2) is 5.56 Å². The van der Waals surface area contributed by atoms with Gasteiger partial charge >= 0.3 is 11.7 Å². The molecule has 0 aromatic carbocycles. The summed E-state index contributed by atoms with van der Waals surface area (Å²) in [5.74, 6) is -2.91. The van der Waals surface area contributed by atoms with Crippen molar-refractivity contribution in [3.05, 3.63) is 26.4 Å². The van der Waals surface area contributed by atoms with Crippen molar-refractivity contribution in [3.63, 3.8) is 0 Å². The number of aromatic nitrogens is 2. The van der Waals surface area contributed by atoms with Crippen molar-refractivity contribution in [2.75, 3.05) is 6.54 Å². The lowest BCUT2D eigenvalue weighted by atomic mass is 9.75. The standard InChI is InChI=1S/C21H31N3O6/c1-21(2)10-8-14(9-11-21)24-19(29)16(17(27)22-12-15(25)26)18(28)23(20(24)30)13-6-4-3-5-7-13/h13-14,29H,3-12H2,1-2H3,(H,22,27)(H,25,26). The Bertz CT molecular complexity index is 929. The maximum atomic E-state index is 13.4. The number of hydrogen-bond acceptors (Lipinski definition) is 5. The molecule has 9 heteroatoms. The Morgan fingerprint density at radius 3 is 2.13 bits per heavy atom. The summed E-state index contributed by atoms with van der Waals surface area (Å²) in [5.41, 5.74) is -1.84. The van der Waals surface area contributed by atoms with Crippen LogP contribution in [0.25, 0.3) is 0 Å². The fraction of sp³-hybridized carbons (Fsp3) is 0.714. The Kier molecular flexibility index (Phi) is 6.38. The van der Waals surface area contributed by atoms with E-state index in [0.29, 0.717) is 25.7 Å². The van der Waals surface area contributed by atoms with Crippen LogP contribution in [0, 0.1) is 5.41 Å². The second-order valence-corrected chi connectivity index (χ2v) is 9.29. The van der Waals surface area contributed by atoms with Crippen molar-refractivity contribution < 1.29 is 19.8 Å². The van der Waals surface area contributed by atoms with E-state index >= 15 is 0 Å². The molecule has 166 valence electrons. The second-order valence-electron chi connectivity index (χ2n) is 9.29. The molecule has 3 rings (SSSR count). The summed E-state index contributed by atoms with van der Waals surface area (Å²) in [5, 5.41) is 21.8. The Balaban J connectivity index is 2.12. The van der Waals surface area contributed by atoms with Crippen LogP contribution in [0.2, 0.25) is 0 Å². The molecule has 2 aliphatic carbocycles. The van der Waals surface area contributed by atoms with Crippen LogP contribution in [0.3, 0.4) is 0 Å². The summed E-state index contributed by atoms with van der Waals surface area (Å²) in [6.07, 6.45) is 7.13. The van der Waals surface area contributed by atoms with Crippen molar-refractivity contribution in [1.29, 1.82) is 0 Å². The van der Waals surface area contributed by atoms with Gasteiger partial charge in [-0.15, -0.1) is 0 Å². The number of hydrogen-bond donors (Lipinski definition) is 3. The number of carboxylic acid groups (broad SMARTS) is 1. The summed E-state index contributed by atoms with van der Waals surface area (Å²) in [6.45, 7) is 3.62. The predicted octanol–water partition coefficient (Wildman–Crippen LogP) is 2.18. The van der Waals surface area contributed by atoms with Gasteiger partial charge in [-0.25, -0.2) is 4.79 Å². The molecule has 30 heavy (non-hydrogen) atoms. The minimum Gasteiger partial charge on any atom is -0.494 e. The SMILES string of the molecule is CC1(C)CCC(n2c(O)c(C(=O)NCC(=O)O)c(=O)n(C3CCCCC3)c2=O)CC1. The average molecular weight is 421 g/mol. The monoisotopic (exact) mass is 421 g/mol. The third-order valence-corrected chi connectivity index (χ3v) is 6.54. The fourth-order valence-electron chi connectivity index (χ4n) is 4.71. The van der Waals surface area contributed by atoms with Gasteiger partial charge in [0.25, 0.3) is 11.5 Å². The van der Waals surface area contributed by atoms with E-state index in [1.807, 2.05) is 0 Å². The molecule has 0 aliphatic heterocycles. The Morgan fingerprint density at radius 1 is 1.00 bits per heavy atom. The van der Waals surface area contributed by atoms with Gasteiger partial charge in [0.1, 0.15) is 6.54 Å². The molecule has 0 radical (unpaired) electrons. The number of amides is 1. The van der Waals surface area contributed by atoms with Gasteiger partial charge in [0.2, 0.25) is 5.88 Å². The quantitative estimate of drug-likeness (QED) is 0.668. The van der Waals surface area contributed by atoms with Gasteiger partial charge in [-0.05, 0) is 43.9 Å². The first-order valence-corrected chi connectivity index (χ1v) is 10.7. The first kappa shape index (κ1) is 22.1. The Hall–Kier alpha value is -2.58. The highest BCUT2D eigenvalue weighted by molar-refractivity contribution is 5.97. The van der Waals surface area contributed by atoms with Gasteiger partial charge < -0.3 is 15.5 Å². The topological polar surface area (TPSA) is 131 Å². The molecule has 1 aromatic rings. The largest absolute Gasteiger partial charge is 0.494 e. The zero-order chi connectivity index (χ0) is 22.1. The Labute approximate surface area is 174 Å². The minimum absolute atomic E-state index is 0.134. The molecule has 9 nitrogen and oxygen atoms in total. The molecule has 0 bridgehead atoms. The molecule has 2 saturated carbocycles. The first-order chi connectivity index (χ1) is 14.1. The van der Waals surface area contributed by atoms with Crippen molar-refractivity contribution in [2.45, 2.75) is 83.7 Å². The van der Waals surface area contributed by atoms with Crippen LogP contribution in [-0.4, -0.2) is 37.8 Å². The van der Waals surface area contributed by atoms with Crippen molar-refractivity contribution in [1.82, 2.24) is 14.5 Å². The number of aromatic hydroxyl groups is 1. The van der Waals surface area contributed by atoms with Crippen LogP contribution in [0.4, 0.5) is 0 Å². The van der Waals surface area contributed by atoms with Crippen LogP contribution in [-0.2, 0) is 4.79 Å². The van der Waals surface area contributed by atoms with Crippen molar-refractivity contribution >= 4 is 11.9 Å². The zero-order valence-corrected chi connectivity index (χ0v) is 17.6. The lowest BCUT2D eigenvalue weighted by molar-refractivity contribution is -0.135. The van der Waals surface area contributed by atoms with Gasteiger partial charge in [0, 0.05) is 12.1 Å². The first-order valence-electron chi connectivity index (χ1n) is 10.7. The summed E-state index contributed by atoms with van der Waals surface area (Å²) in [6, 6.07) is -0.636. The van der Waals surface area contributed by atoms with E-state index in [-0.39, 0.29) is 17.5 Å². The Morgan fingerprint density at radius 2 is 1.57 bits per heavy atom. The zero-order valence-electron chi connectivity index (χ0n) is 17.6. The number of nitrogens with zero attached hydrogens (tertiary/aromatic N) is 2. The predicted molar refractivity (Wildman–Crippen MR) is 110 cm³/mol. The third-order valence-electron chi connectivity index (χ3n) is 6.54. The van der Waals surface area contributed by atoms with Crippen LogP contribution in [0.5, 0.6) is 5.88 Å². The molecule has 1 heterocycles. The fourth-order valence-corrected chi connectivity index (χ4v) is 4.71. The summed E-state index contributed by atoms with van der Waals surface area (Å²) in [7, 11) is 0. The molecule has 2 fully saturated rings. The van der Waals surface area contributed by atoms with E-state index in [1.165, 1.54) is 4.57 Å². The van der Waals surface area contributed by atoms with Crippen LogP contribution >= 0.6 is 0 Å². The van der Waals surface area contributed by atoms with E-state index in [2.05, 4.69) is 19.2 Å². The van der Waals surface area contributed by atoms with E-state index < -0.39 is 41.1 Å². The summed E-state index contributed by atoms with van der Waals surface area (Å²) >= 11 is 0. The van der Waals surface area contributed by atoms with E-state index in [1.54, 1.807) is 0 Å². The number of rotatable bonds is 5. The molecule has 3 N–H and O–H groups in total. The molecular weight excluding hydrogens is 390 g/mol. The molecule has 0 spiro atoms. The van der Waals surface area contributed by atoms with Gasteiger partial charge in [0.05, 0.1) is 0 Å². The number of carbonyl (C=O) groups excluding carboxylic acids is 1. The highest BCUT2D eigenvalue weighted by Crippen LogP contribution is 2.41. The van der Waals surface area contributed by atoms with Gasteiger partial charge in [-0.1, -0.05) is 33.1 Å². The average Bonchev–Trinajstić information content (AvgIpc) is 2.68. The number of carbonyl (C=O) groups is 2. The van der Waals surface area contributed by atoms with Crippen LogP contribution < -0.4 is 16.6 Å². The highest BCUT2D eigenvalue weighted by atomic mass is 16.4. The van der Waals surface area contributed by atoms with Gasteiger partial charge in [-0.2, -0.15) is 0 Å². The number of aliphatic carboxylic acids is 1. The summed E-state index contributed by atoms with van der Waals surface area (Å²) < 4.78 is 2.31. The second kappa shape index (κ2) is 8.65. The summed E-state index contributed by atoms with van der Waals surface area (Å²) in [4.78, 5) is 49.9. The molecule has 0 saturated heterocycles. The van der Waals surface area contributed by atoms with Gasteiger partial charge in [-0.3, -0.25) is 23.5 Å².